The maximum Gasteiger partial charge on any atom is 0.257 e. The molecular formula is C16H22ClN3O4. The molecule has 1 aromatic carbocycles. The van der Waals surface area contributed by atoms with Crippen LogP contribution in [-0.4, -0.2) is 74.6 Å². The third kappa shape index (κ3) is 3.91. The zero-order valence-electron chi connectivity index (χ0n) is 13.6. The number of fused-ring (bicyclic) bond motifs is 1. The Morgan fingerprint density at radius 2 is 1.92 bits per heavy atom. The van der Waals surface area contributed by atoms with Crippen molar-refractivity contribution in [3.63, 3.8) is 0 Å². The Morgan fingerprint density at radius 1 is 1.21 bits per heavy atom. The van der Waals surface area contributed by atoms with Crippen LogP contribution in [-0.2, 0) is 4.79 Å². The normalized spacial score (nSPS) is 16.1. The van der Waals surface area contributed by atoms with Crippen LogP contribution in [0.25, 0.3) is 0 Å². The average molecular weight is 356 g/mol. The smallest absolute Gasteiger partial charge is 0.257 e. The van der Waals surface area contributed by atoms with E-state index in [0.29, 0.717) is 43.4 Å². The van der Waals surface area contributed by atoms with E-state index in [2.05, 4.69) is 5.32 Å². The minimum atomic E-state index is -0.240. The molecule has 0 saturated carbocycles. The first-order valence-corrected chi connectivity index (χ1v) is 7.79. The first-order valence-electron chi connectivity index (χ1n) is 7.79. The summed E-state index contributed by atoms with van der Waals surface area (Å²) >= 11 is 0. The van der Waals surface area contributed by atoms with Gasteiger partial charge in [-0.3, -0.25) is 9.59 Å². The van der Waals surface area contributed by atoms with E-state index >= 15 is 0 Å². The summed E-state index contributed by atoms with van der Waals surface area (Å²) in [6.07, 6.45) is 0. The lowest BCUT2D eigenvalue weighted by Crippen LogP contribution is -2.49. The van der Waals surface area contributed by atoms with Crippen molar-refractivity contribution in [2.45, 2.75) is 0 Å². The molecule has 2 aliphatic rings. The zero-order valence-corrected chi connectivity index (χ0v) is 14.4. The summed E-state index contributed by atoms with van der Waals surface area (Å²) in [5, 5.41) is 3.20. The highest BCUT2D eigenvalue weighted by molar-refractivity contribution is 5.99. The van der Waals surface area contributed by atoms with Crippen molar-refractivity contribution in [1.29, 1.82) is 0 Å². The fraction of sp³-hybridized carbons (Fsp3) is 0.500. The van der Waals surface area contributed by atoms with Gasteiger partial charge in [0.1, 0.15) is 13.2 Å². The number of nitrogens with one attached hydrogen (secondary N) is 1. The molecule has 1 fully saturated rings. The maximum absolute atomic E-state index is 12.6. The molecule has 3 rings (SSSR count). The predicted octanol–water partition coefficient (Wildman–Crippen LogP) is 0.383. The Labute approximate surface area is 147 Å². The number of carbonyl (C=O) groups excluding carboxylic acids is 2. The summed E-state index contributed by atoms with van der Waals surface area (Å²) < 4.78 is 11.1. The molecule has 1 N–H and O–H groups in total. The molecule has 24 heavy (non-hydrogen) atoms. The van der Waals surface area contributed by atoms with Crippen molar-refractivity contribution < 1.29 is 19.1 Å². The molecule has 2 aliphatic heterocycles. The summed E-state index contributed by atoms with van der Waals surface area (Å²) in [5.74, 6) is 0.759. The largest absolute Gasteiger partial charge is 0.486 e. The minimum absolute atomic E-state index is 0. The van der Waals surface area contributed by atoms with E-state index in [-0.39, 0.29) is 30.8 Å². The van der Waals surface area contributed by atoms with Crippen molar-refractivity contribution in [1.82, 2.24) is 15.1 Å². The number of hydrogen-bond acceptors (Lipinski definition) is 5. The Balaban J connectivity index is 0.00000208. The van der Waals surface area contributed by atoms with Gasteiger partial charge in [0.05, 0.1) is 12.1 Å². The van der Waals surface area contributed by atoms with E-state index < -0.39 is 0 Å². The number of likely N-dealkylation sites (N-methyl/N-ethyl adjacent to an activating group) is 1. The Hall–Kier alpha value is -1.99. The molecule has 1 saturated heterocycles. The van der Waals surface area contributed by atoms with Gasteiger partial charge in [-0.05, 0) is 12.1 Å². The lowest BCUT2D eigenvalue weighted by atomic mass is 10.1. The highest BCUT2D eigenvalue weighted by Crippen LogP contribution is 2.34. The molecule has 0 radical (unpaired) electrons. The molecule has 7 nitrogen and oxygen atoms in total. The molecule has 2 heterocycles. The van der Waals surface area contributed by atoms with Gasteiger partial charge in [-0.25, -0.2) is 0 Å². The standard InChI is InChI=1S/C16H21N3O4.ClH/c1-18(11-14(20)19-7-5-17-6-8-19)16(21)12-3-2-4-13-15(12)23-10-9-22-13;/h2-4,17H,5-11H2,1H3;1H. The van der Waals surface area contributed by atoms with E-state index in [0.717, 1.165) is 13.1 Å². The molecule has 0 atom stereocenters. The van der Waals surface area contributed by atoms with Crippen LogP contribution < -0.4 is 14.8 Å². The van der Waals surface area contributed by atoms with Crippen LogP contribution in [0.5, 0.6) is 11.5 Å². The molecule has 2 amide bonds. The second-order valence-electron chi connectivity index (χ2n) is 5.62. The number of benzene rings is 1. The van der Waals surface area contributed by atoms with Crippen molar-refractivity contribution in [3.8, 4) is 11.5 Å². The number of halogens is 1. The van der Waals surface area contributed by atoms with E-state index in [4.69, 9.17) is 9.47 Å². The van der Waals surface area contributed by atoms with Gasteiger partial charge in [-0.1, -0.05) is 6.07 Å². The highest BCUT2D eigenvalue weighted by atomic mass is 35.5. The van der Waals surface area contributed by atoms with Crippen LogP contribution in [0, 0.1) is 0 Å². The fourth-order valence-electron chi connectivity index (χ4n) is 2.74. The van der Waals surface area contributed by atoms with Gasteiger partial charge in [0.15, 0.2) is 11.5 Å². The lowest BCUT2D eigenvalue weighted by Gasteiger charge is -2.29. The van der Waals surface area contributed by atoms with Crippen LogP contribution in [0.3, 0.4) is 0 Å². The van der Waals surface area contributed by atoms with E-state index in [1.165, 1.54) is 4.90 Å². The Kier molecular flexibility index (Phi) is 6.28. The summed E-state index contributed by atoms with van der Waals surface area (Å²) in [6, 6.07) is 5.23. The van der Waals surface area contributed by atoms with Gasteiger partial charge in [-0.2, -0.15) is 0 Å². The molecule has 0 bridgehead atoms. The number of nitrogens with zero attached hydrogens (tertiary/aromatic N) is 2. The monoisotopic (exact) mass is 355 g/mol. The van der Waals surface area contributed by atoms with Gasteiger partial charge >= 0.3 is 0 Å². The fourth-order valence-corrected chi connectivity index (χ4v) is 2.74. The zero-order chi connectivity index (χ0) is 16.2. The second-order valence-corrected chi connectivity index (χ2v) is 5.62. The number of hydrogen-bond donors (Lipinski definition) is 1. The third-order valence-electron chi connectivity index (χ3n) is 3.99. The lowest BCUT2D eigenvalue weighted by molar-refractivity contribution is -0.132. The van der Waals surface area contributed by atoms with Crippen LogP contribution in [0.4, 0.5) is 0 Å². The summed E-state index contributed by atoms with van der Waals surface area (Å²) in [4.78, 5) is 28.1. The molecular weight excluding hydrogens is 334 g/mol. The van der Waals surface area contributed by atoms with Crippen LogP contribution >= 0.6 is 12.4 Å². The van der Waals surface area contributed by atoms with Crippen LogP contribution in [0.2, 0.25) is 0 Å². The maximum atomic E-state index is 12.6. The molecule has 8 heteroatoms. The van der Waals surface area contributed by atoms with Gasteiger partial charge in [0.25, 0.3) is 5.91 Å². The Bertz CT molecular complexity index is 605. The summed E-state index contributed by atoms with van der Waals surface area (Å²) in [6.45, 7) is 3.89. The van der Waals surface area contributed by atoms with E-state index in [9.17, 15) is 9.59 Å². The number of amides is 2. The number of ether oxygens (including phenoxy) is 2. The molecule has 132 valence electrons. The summed E-state index contributed by atoms with van der Waals surface area (Å²) in [5.41, 5.74) is 0.429. The molecule has 0 aliphatic carbocycles. The van der Waals surface area contributed by atoms with E-state index in [1.54, 1.807) is 30.1 Å². The topological polar surface area (TPSA) is 71.1 Å². The van der Waals surface area contributed by atoms with Gasteiger partial charge in [0.2, 0.25) is 5.91 Å². The van der Waals surface area contributed by atoms with Crippen LogP contribution in [0.15, 0.2) is 18.2 Å². The first-order chi connectivity index (χ1) is 11.2. The number of carbonyl (C=O) groups is 2. The molecule has 0 aromatic heterocycles. The first kappa shape index (κ1) is 18.4. The van der Waals surface area contributed by atoms with Gasteiger partial charge in [-0.15, -0.1) is 12.4 Å². The molecule has 0 unspecified atom stereocenters. The quantitative estimate of drug-likeness (QED) is 0.849. The molecule has 0 spiro atoms. The summed E-state index contributed by atoms with van der Waals surface area (Å²) in [7, 11) is 1.63. The van der Waals surface area contributed by atoms with Crippen molar-refractivity contribution in [2.24, 2.45) is 0 Å². The van der Waals surface area contributed by atoms with Crippen molar-refractivity contribution in [2.75, 3.05) is 53.0 Å². The number of piperazine rings is 1. The van der Waals surface area contributed by atoms with Crippen molar-refractivity contribution in [3.05, 3.63) is 23.8 Å². The third-order valence-corrected chi connectivity index (χ3v) is 3.99. The molecule has 1 aromatic rings. The number of rotatable bonds is 3. The van der Waals surface area contributed by atoms with Crippen molar-refractivity contribution >= 4 is 24.2 Å². The average Bonchev–Trinajstić information content (AvgIpc) is 2.61. The van der Waals surface area contributed by atoms with Crippen LogP contribution in [0.1, 0.15) is 10.4 Å². The predicted molar refractivity (Wildman–Crippen MR) is 91.1 cm³/mol. The Morgan fingerprint density at radius 3 is 2.67 bits per heavy atom. The van der Waals surface area contributed by atoms with E-state index in [1.807, 2.05) is 0 Å². The van der Waals surface area contributed by atoms with Gasteiger partial charge < -0.3 is 24.6 Å². The highest BCUT2D eigenvalue weighted by Gasteiger charge is 2.25. The minimum Gasteiger partial charge on any atom is -0.486 e. The number of para-hydroxylation sites is 1. The SMILES string of the molecule is CN(CC(=O)N1CCNCC1)C(=O)c1cccc2c1OCCO2.Cl. The van der Waals surface area contributed by atoms with Gasteiger partial charge in [0, 0.05) is 33.2 Å². The second kappa shape index (κ2) is 8.21.